The zero-order valence-electron chi connectivity index (χ0n) is 7.60. The summed E-state index contributed by atoms with van der Waals surface area (Å²) in [5.41, 5.74) is 0. The van der Waals surface area contributed by atoms with Crippen LogP contribution in [0.4, 0.5) is 0 Å². The summed E-state index contributed by atoms with van der Waals surface area (Å²) < 4.78 is 4.12. The van der Waals surface area contributed by atoms with Gasteiger partial charge in [0.1, 0.15) is 0 Å². The van der Waals surface area contributed by atoms with Crippen LogP contribution in [-0.4, -0.2) is 7.05 Å². The number of benzene rings is 1. The molecule has 0 heterocycles. The topological polar surface area (TPSA) is 12.0 Å². The molecule has 1 aromatic carbocycles. The average molecular weight is 248 g/mol. The Bertz CT molecular complexity index is 198. The van der Waals surface area contributed by atoms with Gasteiger partial charge in [0.15, 0.2) is 0 Å². The third kappa shape index (κ3) is 4.80. The van der Waals surface area contributed by atoms with Gasteiger partial charge in [-0.15, -0.1) is 0 Å². The fourth-order valence-corrected chi connectivity index (χ4v) is 1.39. The van der Waals surface area contributed by atoms with Crippen LogP contribution in [0.2, 0.25) is 0 Å². The predicted molar refractivity (Wildman–Crippen MR) is 60.4 cm³/mol. The minimum Gasteiger partial charge on any atom is -0.263 e. The van der Waals surface area contributed by atoms with E-state index in [1.54, 1.807) is 11.9 Å². The van der Waals surface area contributed by atoms with Crippen molar-refractivity contribution in [2.24, 2.45) is 0 Å². The first-order valence-electron chi connectivity index (χ1n) is 3.92. The summed E-state index contributed by atoms with van der Waals surface area (Å²) >= 11 is 4.98. The summed E-state index contributed by atoms with van der Waals surface area (Å²) in [4.78, 5) is 1.23. The van der Waals surface area contributed by atoms with Crippen LogP contribution in [0.25, 0.3) is 0 Å². The molecular formula is C9H14BrNS. The molecule has 0 aliphatic heterocycles. The molecule has 1 N–H and O–H groups in total. The van der Waals surface area contributed by atoms with E-state index in [1.807, 2.05) is 33.0 Å². The normalized spacial score (nSPS) is 8.67. The predicted octanol–water partition coefficient (Wildman–Crippen LogP) is 3.70. The van der Waals surface area contributed by atoms with Gasteiger partial charge >= 0.3 is 0 Å². The van der Waals surface area contributed by atoms with Gasteiger partial charge in [-0.2, -0.15) is 0 Å². The van der Waals surface area contributed by atoms with Crippen LogP contribution in [0.5, 0.6) is 0 Å². The molecule has 0 bridgehead atoms. The van der Waals surface area contributed by atoms with E-state index in [4.69, 9.17) is 0 Å². The number of nitrogens with one attached hydrogen (secondary N) is 1. The average Bonchev–Trinajstić information content (AvgIpc) is 2.13. The number of hydrogen-bond acceptors (Lipinski definition) is 2. The van der Waals surface area contributed by atoms with Crippen molar-refractivity contribution in [3.05, 3.63) is 28.7 Å². The van der Waals surface area contributed by atoms with E-state index in [1.165, 1.54) is 4.90 Å². The van der Waals surface area contributed by atoms with Crippen molar-refractivity contribution in [1.29, 1.82) is 0 Å². The summed E-state index contributed by atoms with van der Waals surface area (Å²) in [6, 6.07) is 8.18. The molecule has 0 atom stereocenters. The molecule has 0 aromatic heterocycles. The van der Waals surface area contributed by atoms with E-state index in [0.717, 1.165) is 4.47 Å². The second kappa shape index (κ2) is 7.65. The van der Waals surface area contributed by atoms with E-state index in [9.17, 15) is 0 Å². The Balaban J connectivity index is 0.000000561. The van der Waals surface area contributed by atoms with E-state index in [0.29, 0.717) is 0 Å². The lowest BCUT2D eigenvalue weighted by atomic mass is 10.4. The van der Waals surface area contributed by atoms with Gasteiger partial charge in [-0.1, -0.05) is 29.8 Å². The highest BCUT2D eigenvalue weighted by atomic mass is 79.9. The molecule has 0 unspecified atom stereocenters. The van der Waals surface area contributed by atoms with Gasteiger partial charge in [0.2, 0.25) is 0 Å². The van der Waals surface area contributed by atoms with Crippen molar-refractivity contribution in [2.45, 2.75) is 18.7 Å². The fourth-order valence-electron chi connectivity index (χ4n) is 0.620. The lowest BCUT2D eigenvalue weighted by molar-refractivity contribution is 1.27. The third-order valence-electron chi connectivity index (χ3n) is 1.03. The van der Waals surface area contributed by atoms with Crippen LogP contribution < -0.4 is 4.72 Å². The maximum absolute atomic E-state index is 3.37. The fraction of sp³-hybridized carbons (Fsp3) is 0.333. The minimum absolute atomic E-state index is 1.12. The molecule has 1 rings (SSSR count). The molecule has 0 saturated carbocycles. The van der Waals surface area contributed by atoms with Gasteiger partial charge in [0, 0.05) is 9.37 Å². The SMILES string of the molecule is CC.CNSc1ccc(Br)cc1. The smallest absolute Gasteiger partial charge is 0.0228 e. The lowest BCUT2D eigenvalue weighted by Gasteiger charge is -1.96. The van der Waals surface area contributed by atoms with E-state index in [2.05, 4.69) is 32.8 Å². The Kier molecular flexibility index (Phi) is 7.65. The number of rotatable bonds is 2. The first-order valence-corrected chi connectivity index (χ1v) is 5.53. The standard InChI is InChI=1S/C7H8BrNS.C2H6/c1-9-10-7-4-2-6(8)3-5-7;1-2/h2-5,9H,1H3;1-2H3. The Hall–Kier alpha value is 0.01000. The molecule has 0 fully saturated rings. The van der Waals surface area contributed by atoms with Crippen LogP contribution in [0.1, 0.15) is 13.8 Å². The molecule has 12 heavy (non-hydrogen) atoms. The summed E-state index contributed by atoms with van der Waals surface area (Å²) in [6.45, 7) is 4.00. The Morgan fingerprint density at radius 2 is 1.67 bits per heavy atom. The Morgan fingerprint density at radius 1 is 1.17 bits per heavy atom. The third-order valence-corrected chi connectivity index (χ3v) is 2.27. The van der Waals surface area contributed by atoms with Crippen molar-refractivity contribution in [1.82, 2.24) is 4.72 Å². The summed E-state index contributed by atoms with van der Waals surface area (Å²) in [5.74, 6) is 0. The summed E-state index contributed by atoms with van der Waals surface area (Å²) in [5, 5.41) is 0. The van der Waals surface area contributed by atoms with Crippen molar-refractivity contribution < 1.29 is 0 Å². The molecule has 1 nitrogen and oxygen atoms in total. The number of halogens is 1. The maximum Gasteiger partial charge on any atom is 0.0228 e. The van der Waals surface area contributed by atoms with E-state index in [-0.39, 0.29) is 0 Å². The first-order chi connectivity index (χ1) is 5.83. The Morgan fingerprint density at radius 3 is 2.08 bits per heavy atom. The van der Waals surface area contributed by atoms with E-state index < -0.39 is 0 Å². The van der Waals surface area contributed by atoms with Crippen LogP contribution >= 0.6 is 27.9 Å². The molecule has 0 aliphatic rings. The van der Waals surface area contributed by atoms with Gasteiger partial charge in [0.05, 0.1) is 0 Å². The summed E-state index contributed by atoms with van der Waals surface area (Å²) in [7, 11) is 1.91. The van der Waals surface area contributed by atoms with Crippen molar-refractivity contribution in [3.8, 4) is 0 Å². The molecule has 0 amide bonds. The lowest BCUT2D eigenvalue weighted by Crippen LogP contribution is -1.89. The molecule has 3 heteroatoms. The molecule has 0 aliphatic carbocycles. The van der Waals surface area contributed by atoms with Crippen molar-refractivity contribution in [3.63, 3.8) is 0 Å². The molecule has 1 aromatic rings. The van der Waals surface area contributed by atoms with Gasteiger partial charge in [-0.05, 0) is 43.3 Å². The molecule has 68 valence electrons. The zero-order valence-corrected chi connectivity index (χ0v) is 10.00. The van der Waals surface area contributed by atoms with Crippen LogP contribution in [-0.2, 0) is 0 Å². The second-order valence-electron chi connectivity index (χ2n) is 1.76. The van der Waals surface area contributed by atoms with Gasteiger partial charge in [0.25, 0.3) is 0 Å². The minimum atomic E-state index is 1.12. The molecule has 0 spiro atoms. The monoisotopic (exact) mass is 247 g/mol. The van der Waals surface area contributed by atoms with Crippen LogP contribution in [0.15, 0.2) is 33.6 Å². The van der Waals surface area contributed by atoms with Gasteiger partial charge in [-0.3, -0.25) is 4.72 Å². The van der Waals surface area contributed by atoms with Crippen LogP contribution in [0.3, 0.4) is 0 Å². The van der Waals surface area contributed by atoms with Crippen LogP contribution in [0, 0.1) is 0 Å². The highest BCUT2D eigenvalue weighted by Gasteiger charge is 1.89. The van der Waals surface area contributed by atoms with Crippen molar-refractivity contribution >= 4 is 27.9 Å². The molecular weight excluding hydrogens is 234 g/mol. The molecule has 0 saturated heterocycles. The highest BCUT2D eigenvalue weighted by Crippen LogP contribution is 2.17. The number of hydrogen-bond donors (Lipinski definition) is 1. The van der Waals surface area contributed by atoms with E-state index >= 15 is 0 Å². The quantitative estimate of drug-likeness (QED) is 0.801. The Labute approximate surface area is 87.2 Å². The van der Waals surface area contributed by atoms with Gasteiger partial charge in [-0.25, -0.2) is 0 Å². The molecule has 0 radical (unpaired) electrons. The second-order valence-corrected chi connectivity index (χ2v) is 3.76. The summed E-state index contributed by atoms with van der Waals surface area (Å²) in [6.07, 6.45) is 0. The zero-order chi connectivity index (χ0) is 9.40. The maximum atomic E-state index is 3.37. The van der Waals surface area contributed by atoms with Crippen molar-refractivity contribution in [2.75, 3.05) is 7.05 Å². The first kappa shape index (κ1) is 12.0. The largest absolute Gasteiger partial charge is 0.263 e. The van der Waals surface area contributed by atoms with Gasteiger partial charge < -0.3 is 0 Å². The highest BCUT2D eigenvalue weighted by molar-refractivity contribution is 9.10.